The number of ketones is 1. The van der Waals surface area contributed by atoms with Crippen molar-refractivity contribution in [2.24, 2.45) is 34.5 Å². The number of Topliss-reactive ketones (excluding diaryl/α,β-unsaturated/α-hetero) is 1. The van der Waals surface area contributed by atoms with Crippen LogP contribution in [0, 0.1) is 34.5 Å². The highest BCUT2D eigenvalue weighted by Gasteiger charge is 2.74. The molecule has 0 amide bonds. The summed E-state index contributed by atoms with van der Waals surface area (Å²) < 4.78 is 5.85. The van der Waals surface area contributed by atoms with Crippen LogP contribution in [0.2, 0.25) is 0 Å². The zero-order chi connectivity index (χ0) is 14.0. The van der Waals surface area contributed by atoms with Crippen molar-refractivity contribution in [2.75, 3.05) is 0 Å². The molecule has 1 N–H and O–H groups in total. The molecular weight excluding hydrogens is 264 g/mol. The molecule has 0 aromatic rings. The molecule has 4 bridgehead atoms. The second-order valence-corrected chi connectivity index (χ2v) is 9.07. The van der Waals surface area contributed by atoms with Crippen molar-refractivity contribution in [1.29, 1.82) is 0 Å². The minimum Gasteiger partial charge on any atom is -0.393 e. The first kappa shape index (κ1) is 12.1. The van der Waals surface area contributed by atoms with E-state index in [9.17, 15) is 9.90 Å². The van der Waals surface area contributed by atoms with E-state index < -0.39 is 0 Å². The van der Waals surface area contributed by atoms with Gasteiger partial charge in [0.2, 0.25) is 0 Å². The summed E-state index contributed by atoms with van der Waals surface area (Å²) in [5, 5.41) is 10.1. The Hall–Kier alpha value is -0.410. The van der Waals surface area contributed by atoms with E-state index in [1.54, 1.807) is 0 Å². The molecule has 9 atom stereocenters. The summed E-state index contributed by atoms with van der Waals surface area (Å²) in [6.45, 7) is 0. The Kier molecular flexibility index (Phi) is 1.96. The molecule has 5 saturated carbocycles. The van der Waals surface area contributed by atoms with E-state index in [0.717, 1.165) is 38.5 Å². The average molecular weight is 288 g/mol. The Morgan fingerprint density at radius 2 is 1.81 bits per heavy atom. The third-order valence-corrected chi connectivity index (χ3v) is 8.53. The maximum atomic E-state index is 13.7. The number of ether oxygens (including phenoxy) is 1. The highest BCUT2D eigenvalue weighted by molar-refractivity contribution is 5.93. The van der Waals surface area contributed by atoms with Gasteiger partial charge in [-0.2, -0.15) is 0 Å². The third-order valence-electron chi connectivity index (χ3n) is 8.53. The summed E-state index contributed by atoms with van der Waals surface area (Å²) in [6, 6.07) is 0. The molecule has 6 rings (SSSR count). The molecular formula is C18H24O3. The first-order valence-electron chi connectivity index (χ1n) is 9.02. The number of carbonyl (C=O) groups excluding carboxylic acids is 1. The van der Waals surface area contributed by atoms with E-state index in [4.69, 9.17) is 4.74 Å². The van der Waals surface area contributed by atoms with E-state index in [-0.39, 0.29) is 16.9 Å². The zero-order valence-electron chi connectivity index (χ0n) is 12.5. The van der Waals surface area contributed by atoms with Gasteiger partial charge in [-0.25, -0.2) is 0 Å². The van der Waals surface area contributed by atoms with Crippen molar-refractivity contribution in [3.05, 3.63) is 0 Å². The van der Waals surface area contributed by atoms with Gasteiger partial charge in [-0.3, -0.25) is 4.79 Å². The van der Waals surface area contributed by atoms with Crippen LogP contribution in [-0.4, -0.2) is 29.2 Å². The van der Waals surface area contributed by atoms with Gasteiger partial charge in [0.15, 0.2) is 0 Å². The normalized spacial score (nSPS) is 66.5. The van der Waals surface area contributed by atoms with Crippen molar-refractivity contribution in [2.45, 2.75) is 69.7 Å². The number of aliphatic hydroxyl groups is 1. The first-order valence-corrected chi connectivity index (χ1v) is 9.02. The summed E-state index contributed by atoms with van der Waals surface area (Å²) in [6.07, 6.45) is 9.67. The van der Waals surface area contributed by atoms with Crippen molar-refractivity contribution >= 4 is 5.78 Å². The number of aliphatic hydroxyl groups excluding tert-OH is 1. The average Bonchev–Trinajstić information content (AvgIpc) is 2.75. The van der Waals surface area contributed by atoms with Gasteiger partial charge >= 0.3 is 0 Å². The van der Waals surface area contributed by atoms with Crippen LogP contribution in [0.4, 0.5) is 0 Å². The summed E-state index contributed by atoms with van der Waals surface area (Å²) in [5.74, 6) is 2.75. The Balaban J connectivity index is 1.40. The lowest BCUT2D eigenvalue weighted by atomic mass is 9.51. The van der Waals surface area contributed by atoms with Gasteiger partial charge in [0.25, 0.3) is 0 Å². The molecule has 3 heteroatoms. The number of epoxide rings is 1. The van der Waals surface area contributed by atoms with Gasteiger partial charge in [-0.15, -0.1) is 0 Å². The number of hydrogen-bond acceptors (Lipinski definition) is 3. The van der Waals surface area contributed by atoms with Gasteiger partial charge in [0.1, 0.15) is 5.78 Å². The van der Waals surface area contributed by atoms with E-state index in [0.29, 0.717) is 41.7 Å². The standard InChI is InChI=1S/C18H24O3/c19-13-6-11-4-9(13)7-17(11)2-1-3-18(16(17)20)8-10-5-12(18)15-14(10)21-15/h9-15,19H,1-8H2. The van der Waals surface area contributed by atoms with Crippen LogP contribution in [0.1, 0.15) is 51.4 Å². The van der Waals surface area contributed by atoms with Crippen LogP contribution in [0.25, 0.3) is 0 Å². The van der Waals surface area contributed by atoms with Gasteiger partial charge < -0.3 is 9.84 Å². The first-order chi connectivity index (χ1) is 10.1. The lowest BCUT2D eigenvalue weighted by Gasteiger charge is -2.50. The Labute approximate surface area is 125 Å². The second-order valence-electron chi connectivity index (χ2n) is 9.07. The van der Waals surface area contributed by atoms with E-state index in [1.165, 1.54) is 12.8 Å². The lowest BCUT2D eigenvalue weighted by Crippen LogP contribution is -2.54. The minimum absolute atomic E-state index is 0.0178. The summed E-state index contributed by atoms with van der Waals surface area (Å²) >= 11 is 0. The number of carbonyl (C=O) groups is 1. The van der Waals surface area contributed by atoms with Crippen LogP contribution in [-0.2, 0) is 9.53 Å². The molecule has 6 fully saturated rings. The number of fused-ring (bicyclic) bond motifs is 9. The predicted octanol–water partition coefficient (Wildman–Crippen LogP) is 2.31. The molecule has 1 heterocycles. The van der Waals surface area contributed by atoms with Crippen LogP contribution in [0.3, 0.4) is 0 Å². The summed E-state index contributed by atoms with van der Waals surface area (Å²) in [7, 11) is 0. The van der Waals surface area contributed by atoms with E-state index in [1.807, 2.05) is 0 Å². The van der Waals surface area contributed by atoms with E-state index >= 15 is 0 Å². The Morgan fingerprint density at radius 1 is 1.00 bits per heavy atom. The van der Waals surface area contributed by atoms with Gasteiger partial charge in [-0.1, -0.05) is 6.42 Å². The molecule has 0 aromatic carbocycles. The van der Waals surface area contributed by atoms with Crippen molar-refractivity contribution in [3.63, 3.8) is 0 Å². The number of rotatable bonds is 0. The van der Waals surface area contributed by atoms with Crippen molar-refractivity contribution < 1.29 is 14.6 Å². The molecule has 1 aliphatic heterocycles. The molecule has 114 valence electrons. The third kappa shape index (κ3) is 1.18. The quantitative estimate of drug-likeness (QED) is 0.696. The van der Waals surface area contributed by atoms with Gasteiger partial charge in [0.05, 0.1) is 18.3 Å². The maximum absolute atomic E-state index is 13.7. The highest BCUT2D eigenvalue weighted by Crippen LogP contribution is 2.72. The SMILES string of the molecule is O=C1C2(CCCC13CC1CC3C3OC13)CC1CC2CC1O. The molecule has 5 aliphatic carbocycles. The van der Waals surface area contributed by atoms with Crippen LogP contribution in [0.15, 0.2) is 0 Å². The molecule has 6 aliphatic rings. The minimum atomic E-state index is -0.123. The van der Waals surface area contributed by atoms with Crippen molar-refractivity contribution in [1.82, 2.24) is 0 Å². The zero-order valence-corrected chi connectivity index (χ0v) is 12.5. The fourth-order valence-electron chi connectivity index (χ4n) is 7.78. The summed E-state index contributed by atoms with van der Waals surface area (Å²) in [4.78, 5) is 13.7. The molecule has 3 nitrogen and oxygen atoms in total. The maximum Gasteiger partial charge on any atom is 0.145 e. The summed E-state index contributed by atoms with van der Waals surface area (Å²) in [5.41, 5.74) is -0.0625. The molecule has 21 heavy (non-hydrogen) atoms. The predicted molar refractivity (Wildman–Crippen MR) is 75.4 cm³/mol. The van der Waals surface area contributed by atoms with Crippen LogP contribution < -0.4 is 0 Å². The highest BCUT2D eigenvalue weighted by atomic mass is 16.6. The topological polar surface area (TPSA) is 49.8 Å². The van der Waals surface area contributed by atoms with Crippen molar-refractivity contribution in [3.8, 4) is 0 Å². The molecule has 1 saturated heterocycles. The molecule has 0 radical (unpaired) electrons. The van der Waals surface area contributed by atoms with Crippen LogP contribution in [0.5, 0.6) is 0 Å². The fraction of sp³-hybridized carbons (Fsp3) is 0.944. The smallest absolute Gasteiger partial charge is 0.145 e. The van der Waals surface area contributed by atoms with Crippen LogP contribution >= 0.6 is 0 Å². The molecule has 9 unspecified atom stereocenters. The monoisotopic (exact) mass is 288 g/mol. The largest absolute Gasteiger partial charge is 0.393 e. The Bertz CT molecular complexity index is 543. The number of hydrogen-bond donors (Lipinski definition) is 1. The second kappa shape index (κ2) is 3.41. The molecule has 2 spiro atoms. The van der Waals surface area contributed by atoms with Gasteiger partial charge in [0, 0.05) is 16.7 Å². The fourth-order valence-corrected chi connectivity index (χ4v) is 7.78. The van der Waals surface area contributed by atoms with E-state index in [2.05, 4.69) is 0 Å². The van der Waals surface area contributed by atoms with Gasteiger partial charge in [-0.05, 0) is 62.7 Å². The molecule has 0 aromatic heterocycles. The lowest BCUT2D eigenvalue weighted by molar-refractivity contribution is -0.153. The Morgan fingerprint density at radius 3 is 2.48 bits per heavy atom.